The second-order valence-electron chi connectivity index (χ2n) is 7.02. The Hall–Kier alpha value is -2.63. The lowest BCUT2D eigenvalue weighted by Gasteiger charge is -2.35. The Morgan fingerprint density at radius 2 is 2.08 bits per heavy atom. The van der Waals surface area contributed by atoms with Gasteiger partial charge in [-0.2, -0.15) is 0 Å². The van der Waals surface area contributed by atoms with Gasteiger partial charge >= 0.3 is 5.97 Å². The number of rotatable bonds is 4. The van der Waals surface area contributed by atoms with Crippen molar-refractivity contribution in [3.63, 3.8) is 0 Å². The molecular formula is C20H24N2O4. The summed E-state index contributed by atoms with van der Waals surface area (Å²) in [4.78, 5) is 27.0. The molecule has 0 saturated heterocycles. The van der Waals surface area contributed by atoms with E-state index in [-0.39, 0.29) is 24.5 Å². The van der Waals surface area contributed by atoms with E-state index in [1.165, 1.54) is 0 Å². The highest BCUT2D eigenvalue weighted by molar-refractivity contribution is 5.98. The molecule has 6 nitrogen and oxygen atoms in total. The molecule has 1 aliphatic rings. The van der Waals surface area contributed by atoms with Gasteiger partial charge in [-0.25, -0.2) is 4.79 Å². The molecule has 0 spiro atoms. The van der Waals surface area contributed by atoms with E-state index in [4.69, 9.17) is 9.26 Å². The highest BCUT2D eigenvalue weighted by Crippen LogP contribution is 2.30. The van der Waals surface area contributed by atoms with Crippen LogP contribution in [0.2, 0.25) is 0 Å². The zero-order valence-electron chi connectivity index (χ0n) is 15.6. The molecule has 0 N–H and O–H groups in total. The summed E-state index contributed by atoms with van der Waals surface area (Å²) in [7, 11) is 0. The van der Waals surface area contributed by atoms with Crippen LogP contribution in [0, 0.1) is 6.92 Å². The largest absolute Gasteiger partial charge is 0.452 e. The van der Waals surface area contributed by atoms with Gasteiger partial charge in [-0.15, -0.1) is 0 Å². The van der Waals surface area contributed by atoms with Crippen LogP contribution in [0.3, 0.4) is 0 Å². The maximum absolute atomic E-state index is 12.8. The molecule has 138 valence electrons. The van der Waals surface area contributed by atoms with Crippen LogP contribution in [0.25, 0.3) is 0 Å². The molecule has 1 amide bonds. The van der Waals surface area contributed by atoms with E-state index >= 15 is 0 Å². The summed E-state index contributed by atoms with van der Waals surface area (Å²) < 4.78 is 10.5. The fraction of sp³-hybridized carbons (Fsp3) is 0.450. The zero-order valence-corrected chi connectivity index (χ0v) is 15.6. The molecule has 1 unspecified atom stereocenters. The third-order valence-corrected chi connectivity index (χ3v) is 4.74. The Morgan fingerprint density at radius 3 is 2.81 bits per heavy atom. The van der Waals surface area contributed by atoms with Gasteiger partial charge in [0.15, 0.2) is 12.4 Å². The van der Waals surface area contributed by atoms with Gasteiger partial charge in [0.2, 0.25) is 0 Å². The third-order valence-electron chi connectivity index (χ3n) is 4.74. The molecule has 0 radical (unpaired) electrons. The number of hydrogen-bond acceptors (Lipinski definition) is 5. The lowest BCUT2D eigenvalue weighted by atomic mass is 9.96. The molecule has 0 bridgehead atoms. The predicted octanol–water partition coefficient (Wildman–Crippen LogP) is 3.63. The first-order valence-corrected chi connectivity index (χ1v) is 8.93. The Bertz CT molecular complexity index is 825. The maximum atomic E-state index is 12.8. The van der Waals surface area contributed by atoms with Crippen LogP contribution in [0.1, 0.15) is 60.5 Å². The lowest BCUT2D eigenvalue weighted by molar-refractivity contribution is -0.122. The van der Waals surface area contributed by atoms with Crippen molar-refractivity contribution in [1.82, 2.24) is 5.16 Å². The van der Waals surface area contributed by atoms with Gasteiger partial charge in [0.25, 0.3) is 5.91 Å². The normalized spacial score (nSPS) is 16.5. The van der Waals surface area contributed by atoms with Gasteiger partial charge in [-0.3, -0.25) is 4.79 Å². The number of nitrogens with zero attached hydrogens (tertiary/aromatic N) is 2. The van der Waals surface area contributed by atoms with Crippen LogP contribution in [0.15, 0.2) is 28.8 Å². The van der Waals surface area contributed by atoms with Gasteiger partial charge in [0.05, 0.1) is 5.69 Å². The van der Waals surface area contributed by atoms with Gasteiger partial charge in [-0.1, -0.05) is 37.2 Å². The second-order valence-corrected chi connectivity index (χ2v) is 7.02. The van der Waals surface area contributed by atoms with E-state index < -0.39 is 5.97 Å². The summed E-state index contributed by atoms with van der Waals surface area (Å²) in [5.41, 5.74) is 2.83. The molecule has 1 aromatic carbocycles. The minimum absolute atomic E-state index is 0.00319. The molecule has 1 aliphatic heterocycles. The van der Waals surface area contributed by atoms with E-state index in [0.29, 0.717) is 17.0 Å². The zero-order chi connectivity index (χ0) is 18.8. The number of anilines is 1. The summed E-state index contributed by atoms with van der Waals surface area (Å²) in [6.45, 7) is 7.22. The standard InChI is InChI=1S/C20H24N2O4/c1-12(2)19-18(14(4)21-26-19)20(24)25-11-17(23)22-13(3)9-10-15-7-5-6-8-16(15)22/h5-8,12-13H,9-11H2,1-4H3. The fourth-order valence-electron chi connectivity index (χ4n) is 3.37. The van der Waals surface area contributed by atoms with Crippen LogP contribution in [-0.4, -0.2) is 29.7 Å². The highest BCUT2D eigenvalue weighted by atomic mass is 16.5. The fourth-order valence-corrected chi connectivity index (χ4v) is 3.37. The predicted molar refractivity (Wildman–Crippen MR) is 97.3 cm³/mol. The number of fused-ring (bicyclic) bond motifs is 1. The molecule has 2 heterocycles. The number of aromatic nitrogens is 1. The van der Waals surface area contributed by atoms with Crippen LogP contribution in [-0.2, 0) is 16.0 Å². The average Bonchev–Trinajstić information content (AvgIpc) is 3.01. The van der Waals surface area contributed by atoms with E-state index in [2.05, 4.69) is 5.16 Å². The molecule has 2 aromatic rings. The molecule has 26 heavy (non-hydrogen) atoms. The van der Waals surface area contributed by atoms with Crippen molar-refractivity contribution in [3.05, 3.63) is 46.8 Å². The van der Waals surface area contributed by atoms with Gasteiger partial charge in [0.1, 0.15) is 5.56 Å². The van der Waals surface area contributed by atoms with Crippen LogP contribution < -0.4 is 4.90 Å². The third kappa shape index (κ3) is 3.36. The average molecular weight is 356 g/mol. The summed E-state index contributed by atoms with van der Waals surface area (Å²) in [6, 6.07) is 7.92. The van der Waals surface area contributed by atoms with E-state index in [1.807, 2.05) is 45.0 Å². The van der Waals surface area contributed by atoms with Crippen molar-refractivity contribution in [2.24, 2.45) is 0 Å². The number of aryl methyl sites for hydroxylation is 2. The smallest absolute Gasteiger partial charge is 0.344 e. The molecular weight excluding hydrogens is 332 g/mol. The Labute approximate surface area is 153 Å². The maximum Gasteiger partial charge on any atom is 0.344 e. The highest BCUT2D eigenvalue weighted by Gasteiger charge is 2.30. The number of carbonyl (C=O) groups excluding carboxylic acids is 2. The van der Waals surface area contributed by atoms with Crippen LogP contribution >= 0.6 is 0 Å². The number of benzene rings is 1. The summed E-state index contributed by atoms with van der Waals surface area (Å²) in [5, 5.41) is 3.85. The molecule has 1 aromatic heterocycles. The summed E-state index contributed by atoms with van der Waals surface area (Å²) in [6.07, 6.45) is 1.83. The molecule has 0 saturated carbocycles. The van der Waals surface area contributed by atoms with Gasteiger partial charge in [0, 0.05) is 17.6 Å². The number of amides is 1. The van der Waals surface area contributed by atoms with Crippen LogP contribution in [0.5, 0.6) is 0 Å². The molecule has 3 rings (SSSR count). The monoisotopic (exact) mass is 356 g/mol. The van der Waals surface area contributed by atoms with E-state index in [1.54, 1.807) is 11.8 Å². The van der Waals surface area contributed by atoms with E-state index in [9.17, 15) is 9.59 Å². The SMILES string of the molecule is Cc1noc(C(C)C)c1C(=O)OCC(=O)N1c2ccccc2CCC1C. The van der Waals surface area contributed by atoms with Gasteiger partial charge in [-0.05, 0) is 38.3 Å². The van der Waals surface area contributed by atoms with E-state index in [0.717, 1.165) is 24.1 Å². The Kier molecular flexibility index (Phi) is 5.11. The van der Waals surface area contributed by atoms with Crippen molar-refractivity contribution in [2.45, 2.75) is 52.5 Å². The quantitative estimate of drug-likeness (QED) is 0.782. The molecule has 1 atom stereocenters. The van der Waals surface area contributed by atoms with Crippen molar-refractivity contribution in [1.29, 1.82) is 0 Å². The Morgan fingerprint density at radius 1 is 1.35 bits per heavy atom. The number of para-hydroxylation sites is 1. The van der Waals surface area contributed by atoms with Crippen molar-refractivity contribution < 1.29 is 18.8 Å². The van der Waals surface area contributed by atoms with Gasteiger partial charge < -0.3 is 14.2 Å². The first-order valence-electron chi connectivity index (χ1n) is 8.93. The van der Waals surface area contributed by atoms with Crippen molar-refractivity contribution in [3.8, 4) is 0 Å². The summed E-state index contributed by atoms with van der Waals surface area (Å²) in [5.74, 6) is -0.308. The first kappa shape index (κ1) is 18.2. The summed E-state index contributed by atoms with van der Waals surface area (Å²) >= 11 is 0. The topological polar surface area (TPSA) is 72.6 Å². The molecule has 0 fully saturated rings. The molecule has 6 heteroatoms. The van der Waals surface area contributed by atoms with Crippen molar-refractivity contribution >= 4 is 17.6 Å². The number of esters is 1. The number of carbonyl (C=O) groups is 2. The number of ether oxygens (including phenoxy) is 1. The minimum Gasteiger partial charge on any atom is -0.452 e. The first-order chi connectivity index (χ1) is 12.4. The minimum atomic E-state index is -0.571. The Balaban J connectivity index is 1.74. The number of hydrogen-bond donors (Lipinski definition) is 0. The second kappa shape index (κ2) is 7.32. The van der Waals surface area contributed by atoms with Crippen LogP contribution in [0.4, 0.5) is 5.69 Å². The molecule has 0 aliphatic carbocycles. The van der Waals surface area contributed by atoms with Crippen molar-refractivity contribution in [2.75, 3.05) is 11.5 Å². The lowest BCUT2D eigenvalue weighted by Crippen LogP contribution is -2.44.